The van der Waals surface area contributed by atoms with E-state index in [1.807, 2.05) is 24.4 Å². The maximum Gasteiger partial charge on any atom is 0.226 e. The SMILES string of the molecule is Cc1nc(CC(=O)N[C@H]2CCc3c(O)cccc32)cs1. The molecule has 4 nitrogen and oxygen atoms in total. The molecule has 5 heteroatoms. The van der Waals surface area contributed by atoms with Crippen LogP contribution in [0.15, 0.2) is 23.6 Å². The van der Waals surface area contributed by atoms with Crippen molar-refractivity contribution in [1.29, 1.82) is 0 Å². The molecular formula is C15H16N2O2S. The van der Waals surface area contributed by atoms with Gasteiger partial charge in [-0.3, -0.25) is 4.79 Å². The second-order valence-electron chi connectivity index (χ2n) is 5.04. The van der Waals surface area contributed by atoms with Gasteiger partial charge in [-0.15, -0.1) is 11.3 Å². The molecule has 1 aromatic carbocycles. The number of aryl methyl sites for hydroxylation is 1. The van der Waals surface area contributed by atoms with Crippen molar-refractivity contribution in [2.24, 2.45) is 0 Å². The fraction of sp³-hybridized carbons (Fsp3) is 0.333. The zero-order valence-electron chi connectivity index (χ0n) is 11.2. The van der Waals surface area contributed by atoms with E-state index in [1.54, 1.807) is 17.4 Å². The first kappa shape index (κ1) is 13.1. The van der Waals surface area contributed by atoms with Crippen molar-refractivity contribution in [2.45, 2.75) is 32.2 Å². The number of phenolic OH excluding ortho intramolecular Hbond substituents is 1. The molecule has 0 unspecified atom stereocenters. The Labute approximate surface area is 121 Å². The summed E-state index contributed by atoms with van der Waals surface area (Å²) >= 11 is 1.56. The Hall–Kier alpha value is -1.88. The summed E-state index contributed by atoms with van der Waals surface area (Å²) in [5, 5.41) is 15.7. The fourth-order valence-corrected chi connectivity index (χ4v) is 3.30. The number of rotatable bonds is 3. The van der Waals surface area contributed by atoms with Gasteiger partial charge in [0.2, 0.25) is 5.91 Å². The maximum atomic E-state index is 12.1. The highest BCUT2D eigenvalue weighted by molar-refractivity contribution is 7.09. The van der Waals surface area contributed by atoms with Gasteiger partial charge in [0.05, 0.1) is 23.2 Å². The van der Waals surface area contributed by atoms with Crippen LogP contribution in [-0.4, -0.2) is 16.0 Å². The molecule has 0 radical (unpaired) electrons. The van der Waals surface area contributed by atoms with Crippen molar-refractivity contribution in [2.75, 3.05) is 0 Å². The Morgan fingerprint density at radius 1 is 1.55 bits per heavy atom. The third-order valence-corrected chi connectivity index (χ3v) is 4.41. The lowest BCUT2D eigenvalue weighted by molar-refractivity contribution is -0.121. The van der Waals surface area contributed by atoms with Crippen LogP contribution in [0.2, 0.25) is 0 Å². The molecule has 20 heavy (non-hydrogen) atoms. The Morgan fingerprint density at radius 3 is 3.15 bits per heavy atom. The number of carbonyl (C=O) groups excluding carboxylic acids is 1. The molecular weight excluding hydrogens is 272 g/mol. The molecule has 1 amide bonds. The van der Waals surface area contributed by atoms with Crippen LogP contribution in [-0.2, 0) is 17.6 Å². The summed E-state index contributed by atoms with van der Waals surface area (Å²) in [7, 11) is 0. The smallest absolute Gasteiger partial charge is 0.226 e. The van der Waals surface area contributed by atoms with Gasteiger partial charge in [0, 0.05) is 5.38 Å². The van der Waals surface area contributed by atoms with Crippen LogP contribution >= 0.6 is 11.3 Å². The number of nitrogens with one attached hydrogen (secondary N) is 1. The Balaban J connectivity index is 1.68. The highest BCUT2D eigenvalue weighted by Gasteiger charge is 2.25. The first-order chi connectivity index (χ1) is 9.63. The van der Waals surface area contributed by atoms with Crippen molar-refractivity contribution < 1.29 is 9.90 Å². The molecule has 0 fully saturated rings. The normalized spacial score (nSPS) is 16.9. The molecule has 0 spiro atoms. The van der Waals surface area contributed by atoms with Crippen LogP contribution in [0.4, 0.5) is 0 Å². The van der Waals surface area contributed by atoms with E-state index in [1.165, 1.54) is 0 Å². The van der Waals surface area contributed by atoms with Crippen LogP contribution in [0.5, 0.6) is 5.75 Å². The summed E-state index contributed by atoms with van der Waals surface area (Å²) in [6, 6.07) is 5.49. The molecule has 1 aliphatic carbocycles. The molecule has 0 saturated carbocycles. The number of fused-ring (bicyclic) bond motifs is 1. The number of nitrogens with zero attached hydrogens (tertiary/aromatic N) is 1. The fourth-order valence-electron chi connectivity index (χ4n) is 2.68. The summed E-state index contributed by atoms with van der Waals surface area (Å²) in [5.74, 6) is 0.311. The van der Waals surface area contributed by atoms with E-state index in [2.05, 4.69) is 10.3 Å². The zero-order chi connectivity index (χ0) is 14.1. The summed E-state index contributed by atoms with van der Waals surface area (Å²) in [6.45, 7) is 1.93. The van der Waals surface area contributed by atoms with E-state index in [9.17, 15) is 9.90 Å². The molecule has 0 aliphatic heterocycles. The predicted octanol–water partition coefficient (Wildman–Crippen LogP) is 2.50. The van der Waals surface area contributed by atoms with Crippen LogP contribution in [0, 0.1) is 6.92 Å². The van der Waals surface area contributed by atoms with Crippen LogP contribution < -0.4 is 5.32 Å². The lowest BCUT2D eigenvalue weighted by Gasteiger charge is -2.13. The number of carbonyl (C=O) groups is 1. The van der Waals surface area contributed by atoms with Gasteiger partial charge >= 0.3 is 0 Å². The topological polar surface area (TPSA) is 62.2 Å². The van der Waals surface area contributed by atoms with Gasteiger partial charge in [-0.1, -0.05) is 12.1 Å². The minimum atomic E-state index is -0.0171. The van der Waals surface area contributed by atoms with E-state index in [4.69, 9.17) is 0 Å². The second-order valence-corrected chi connectivity index (χ2v) is 6.10. The Morgan fingerprint density at radius 2 is 2.40 bits per heavy atom. The molecule has 0 saturated heterocycles. The quantitative estimate of drug-likeness (QED) is 0.912. The first-order valence-electron chi connectivity index (χ1n) is 6.64. The van der Waals surface area contributed by atoms with Gasteiger partial charge in [-0.05, 0) is 37.0 Å². The number of benzene rings is 1. The van der Waals surface area contributed by atoms with Gasteiger partial charge < -0.3 is 10.4 Å². The summed E-state index contributed by atoms with van der Waals surface area (Å²) in [5.41, 5.74) is 2.81. The molecule has 104 valence electrons. The predicted molar refractivity (Wildman–Crippen MR) is 77.9 cm³/mol. The Bertz CT molecular complexity index is 651. The van der Waals surface area contributed by atoms with Crippen molar-refractivity contribution in [3.05, 3.63) is 45.4 Å². The number of thiazole rings is 1. The molecule has 2 aromatic rings. The number of hydrogen-bond donors (Lipinski definition) is 2. The van der Waals surface area contributed by atoms with Gasteiger partial charge in [0.1, 0.15) is 5.75 Å². The standard InChI is InChI=1S/C15H16N2O2S/c1-9-16-10(8-20-9)7-15(19)17-13-6-5-12-11(13)3-2-4-14(12)18/h2-4,8,13,18H,5-7H2,1H3,(H,17,19)/t13-/m0/s1. The third-order valence-electron chi connectivity index (χ3n) is 3.59. The highest BCUT2D eigenvalue weighted by atomic mass is 32.1. The van der Waals surface area contributed by atoms with E-state index >= 15 is 0 Å². The molecule has 1 atom stereocenters. The number of hydrogen-bond acceptors (Lipinski definition) is 4. The Kier molecular flexibility index (Phi) is 3.44. The molecule has 1 aliphatic rings. The number of aromatic hydroxyl groups is 1. The zero-order valence-corrected chi connectivity index (χ0v) is 12.0. The van der Waals surface area contributed by atoms with E-state index in [0.29, 0.717) is 12.2 Å². The third kappa shape index (κ3) is 2.54. The molecule has 0 bridgehead atoms. The molecule has 3 rings (SSSR count). The van der Waals surface area contributed by atoms with Gasteiger partial charge in [0.15, 0.2) is 0 Å². The van der Waals surface area contributed by atoms with Crippen LogP contribution in [0.1, 0.15) is 34.3 Å². The minimum Gasteiger partial charge on any atom is -0.508 e. The van der Waals surface area contributed by atoms with Crippen molar-refractivity contribution in [3.8, 4) is 5.75 Å². The van der Waals surface area contributed by atoms with E-state index in [0.717, 1.165) is 34.7 Å². The average molecular weight is 288 g/mol. The number of amides is 1. The molecule has 1 heterocycles. The number of aromatic nitrogens is 1. The summed E-state index contributed by atoms with van der Waals surface area (Å²) in [4.78, 5) is 16.4. The van der Waals surface area contributed by atoms with E-state index in [-0.39, 0.29) is 11.9 Å². The lowest BCUT2D eigenvalue weighted by Crippen LogP contribution is -2.28. The van der Waals surface area contributed by atoms with Crippen molar-refractivity contribution >= 4 is 17.2 Å². The largest absolute Gasteiger partial charge is 0.508 e. The van der Waals surface area contributed by atoms with Crippen LogP contribution in [0.25, 0.3) is 0 Å². The monoisotopic (exact) mass is 288 g/mol. The minimum absolute atomic E-state index is 0.00401. The number of phenols is 1. The van der Waals surface area contributed by atoms with E-state index < -0.39 is 0 Å². The maximum absolute atomic E-state index is 12.1. The highest BCUT2D eigenvalue weighted by Crippen LogP contribution is 2.36. The summed E-state index contributed by atoms with van der Waals surface area (Å²) < 4.78 is 0. The van der Waals surface area contributed by atoms with Gasteiger partial charge in [0.25, 0.3) is 0 Å². The summed E-state index contributed by atoms with van der Waals surface area (Å²) in [6.07, 6.45) is 1.96. The molecule has 2 N–H and O–H groups in total. The first-order valence-corrected chi connectivity index (χ1v) is 7.52. The molecule has 1 aromatic heterocycles. The van der Waals surface area contributed by atoms with Gasteiger partial charge in [-0.25, -0.2) is 4.98 Å². The average Bonchev–Trinajstić information content (AvgIpc) is 2.98. The van der Waals surface area contributed by atoms with Gasteiger partial charge in [-0.2, -0.15) is 0 Å². The second kappa shape index (κ2) is 5.25. The van der Waals surface area contributed by atoms with Crippen molar-refractivity contribution in [3.63, 3.8) is 0 Å². The van der Waals surface area contributed by atoms with Crippen molar-refractivity contribution in [1.82, 2.24) is 10.3 Å². The lowest BCUT2D eigenvalue weighted by atomic mass is 10.1. The van der Waals surface area contributed by atoms with Crippen LogP contribution in [0.3, 0.4) is 0 Å².